The Morgan fingerprint density at radius 2 is 1.78 bits per heavy atom. The van der Waals surface area contributed by atoms with Crippen LogP contribution in [0, 0.1) is 0 Å². The highest BCUT2D eigenvalue weighted by Crippen LogP contribution is 2.23. The van der Waals surface area contributed by atoms with Gasteiger partial charge in [-0.05, 0) is 31.0 Å². The van der Waals surface area contributed by atoms with E-state index in [4.69, 9.17) is 5.73 Å². The summed E-state index contributed by atoms with van der Waals surface area (Å²) in [7, 11) is -4.60. The van der Waals surface area contributed by atoms with E-state index >= 15 is 0 Å². The monoisotopic (exact) mass is 383 g/mol. The predicted octanol–water partition coefficient (Wildman–Crippen LogP) is 0.471. The van der Waals surface area contributed by atoms with E-state index in [2.05, 4.69) is 0 Å². The molecule has 1 aliphatic rings. The lowest BCUT2D eigenvalue weighted by Crippen LogP contribution is -2.45. The molecule has 0 amide bonds. The Bertz CT molecular complexity index is 750. The topological polar surface area (TPSA) is 101 Å². The lowest BCUT2D eigenvalue weighted by molar-refractivity contribution is 0.316. The number of hydrogen-bond donors (Lipinski definition) is 1. The summed E-state index contributed by atoms with van der Waals surface area (Å²) < 4.78 is 51.9. The second-order valence-electron chi connectivity index (χ2n) is 5.53. The van der Waals surface area contributed by atoms with Gasteiger partial charge in [0.2, 0.25) is 20.0 Å². The molecule has 0 spiro atoms. The first-order valence-corrected chi connectivity index (χ1v) is 9.82. The SMILES string of the molecule is CN(C)S(=O)(=O)c1cccc(S(=O)(=O)N2CCCC(N)C2)c1.Cl. The van der Waals surface area contributed by atoms with Crippen LogP contribution < -0.4 is 5.73 Å². The average Bonchev–Trinajstić information content (AvgIpc) is 2.47. The lowest BCUT2D eigenvalue weighted by Gasteiger charge is -2.30. The smallest absolute Gasteiger partial charge is 0.243 e. The number of rotatable bonds is 4. The van der Waals surface area contributed by atoms with Gasteiger partial charge in [0, 0.05) is 33.2 Å². The standard InChI is InChI=1S/C13H21N3O4S2.ClH/c1-15(2)21(17,18)12-6-3-7-13(9-12)22(19,20)16-8-4-5-11(14)10-16;/h3,6-7,9,11H,4-5,8,10,14H2,1-2H3;1H. The Morgan fingerprint density at radius 3 is 2.35 bits per heavy atom. The lowest BCUT2D eigenvalue weighted by atomic mass is 10.1. The summed E-state index contributed by atoms with van der Waals surface area (Å²) in [5.74, 6) is 0. The van der Waals surface area contributed by atoms with E-state index in [0.717, 1.165) is 10.7 Å². The molecule has 0 radical (unpaired) electrons. The third-order valence-corrected chi connectivity index (χ3v) is 7.31. The predicted molar refractivity (Wildman–Crippen MR) is 90.5 cm³/mol. The van der Waals surface area contributed by atoms with Gasteiger partial charge in [0.05, 0.1) is 9.79 Å². The Morgan fingerprint density at radius 1 is 1.17 bits per heavy atom. The third-order valence-electron chi connectivity index (χ3n) is 3.64. The molecular formula is C13H22ClN3O4S2. The van der Waals surface area contributed by atoms with Crippen LogP contribution in [0.3, 0.4) is 0 Å². The molecule has 1 aromatic rings. The molecule has 0 aliphatic carbocycles. The van der Waals surface area contributed by atoms with Crippen LogP contribution in [0.1, 0.15) is 12.8 Å². The molecule has 1 unspecified atom stereocenters. The zero-order chi connectivity index (χ0) is 16.5. The molecule has 1 aliphatic heterocycles. The van der Waals surface area contributed by atoms with Gasteiger partial charge in [-0.1, -0.05) is 6.07 Å². The van der Waals surface area contributed by atoms with Crippen LogP contribution in [-0.2, 0) is 20.0 Å². The largest absolute Gasteiger partial charge is 0.327 e. The second kappa shape index (κ2) is 7.45. The highest BCUT2D eigenvalue weighted by Gasteiger charge is 2.30. The van der Waals surface area contributed by atoms with Gasteiger partial charge in [-0.2, -0.15) is 4.31 Å². The van der Waals surface area contributed by atoms with Crippen molar-refractivity contribution in [1.29, 1.82) is 0 Å². The molecule has 1 fully saturated rings. The van der Waals surface area contributed by atoms with E-state index < -0.39 is 20.0 Å². The van der Waals surface area contributed by atoms with Gasteiger partial charge in [0.1, 0.15) is 0 Å². The van der Waals surface area contributed by atoms with Gasteiger partial charge >= 0.3 is 0 Å². The van der Waals surface area contributed by atoms with Crippen molar-refractivity contribution in [2.24, 2.45) is 5.73 Å². The van der Waals surface area contributed by atoms with E-state index in [1.54, 1.807) is 0 Å². The molecule has 1 heterocycles. The molecule has 0 aromatic heterocycles. The first-order valence-electron chi connectivity index (χ1n) is 6.94. The fourth-order valence-electron chi connectivity index (χ4n) is 2.35. The van der Waals surface area contributed by atoms with Gasteiger partial charge in [0.15, 0.2) is 0 Å². The van der Waals surface area contributed by atoms with Gasteiger partial charge in [-0.3, -0.25) is 0 Å². The zero-order valence-corrected chi connectivity index (χ0v) is 15.5. The number of nitrogens with two attached hydrogens (primary N) is 1. The Balaban J connectivity index is 0.00000264. The van der Waals surface area contributed by atoms with Crippen LogP contribution in [0.15, 0.2) is 34.1 Å². The van der Waals surface area contributed by atoms with Crippen molar-refractivity contribution in [3.63, 3.8) is 0 Å². The van der Waals surface area contributed by atoms with E-state index in [-0.39, 0.29) is 34.8 Å². The maximum Gasteiger partial charge on any atom is 0.243 e. The number of benzene rings is 1. The Labute approximate surface area is 144 Å². The summed E-state index contributed by atoms with van der Waals surface area (Å²) in [5, 5.41) is 0. The van der Waals surface area contributed by atoms with E-state index in [1.165, 1.54) is 42.7 Å². The molecular weight excluding hydrogens is 362 g/mol. The number of hydrogen-bond acceptors (Lipinski definition) is 5. The van der Waals surface area contributed by atoms with Crippen molar-refractivity contribution in [1.82, 2.24) is 8.61 Å². The van der Waals surface area contributed by atoms with Crippen LogP contribution in [0.4, 0.5) is 0 Å². The minimum Gasteiger partial charge on any atom is -0.327 e. The average molecular weight is 384 g/mol. The molecule has 1 atom stereocenters. The molecule has 10 heteroatoms. The van der Waals surface area contributed by atoms with E-state index in [1.807, 2.05) is 0 Å². The number of sulfonamides is 2. The summed E-state index contributed by atoms with van der Waals surface area (Å²) in [6, 6.07) is 5.25. The van der Waals surface area contributed by atoms with Crippen LogP contribution in [0.25, 0.3) is 0 Å². The van der Waals surface area contributed by atoms with Crippen LogP contribution in [-0.4, -0.2) is 58.7 Å². The molecule has 1 aromatic carbocycles. The van der Waals surface area contributed by atoms with Crippen molar-refractivity contribution < 1.29 is 16.8 Å². The van der Waals surface area contributed by atoms with Crippen molar-refractivity contribution in [2.45, 2.75) is 28.7 Å². The maximum absolute atomic E-state index is 12.6. The van der Waals surface area contributed by atoms with Crippen molar-refractivity contribution in [2.75, 3.05) is 27.2 Å². The normalized spacial score (nSPS) is 20.3. The van der Waals surface area contributed by atoms with E-state index in [0.29, 0.717) is 13.0 Å². The van der Waals surface area contributed by atoms with Crippen LogP contribution in [0.5, 0.6) is 0 Å². The van der Waals surface area contributed by atoms with Crippen molar-refractivity contribution in [3.05, 3.63) is 24.3 Å². The summed E-state index contributed by atoms with van der Waals surface area (Å²) >= 11 is 0. The summed E-state index contributed by atoms with van der Waals surface area (Å²) in [6.07, 6.45) is 1.50. The third kappa shape index (κ3) is 4.23. The first-order chi connectivity index (χ1) is 10.2. The maximum atomic E-state index is 12.6. The molecule has 132 valence electrons. The van der Waals surface area contributed by atoms with E-state index in [9.17, 15) is 16.8 Å². The summed E-state index contributed by atoms with van der Waals surface area (Å²) in [6.45, 7) is 0.660. The fraction of sp³-hybridized carbons (Fsp3) is 0.538. The van der Waals surface area contributed by atoms with Gasteiger partial charge < -0.3 is 5.73 Å². The van der Waals surface area contributed by atoms with Gasteiger partial charge in [-0.15, -0.1) is 12.4 Å². The number of halogens is 1. The Hall–Kier alpha value is -0.710. The molecule has 7 nitrogen and oxygen atoms in total. The summed E-state index contributed by atoms with van der Waals surface area (Å²) in [5.41, 5.74) is 5.83. The van der Waals surface area contributed by atoms with Crippen LogP contribution in [0.2, 0.25) is 0 Å². The Kier molecular flexibility index (Phi) is 6.59. The highest BCUT2D eigenvalue weighted by molar-refractivity contribution is 7.90. The minimum absolute atomic E-state index is 0. The molecule has 23 heavy (non-hydrogen) atoms. The fourth-order valence-corrected chi connectivity index (χ4v) is 4.95. The van der Waals surface area contributed by atoms with Crippen LogP contribution >= 0.6 is 12.4 Å². The van der Waals surface area contributed by atoms with Crippen molar-refractivity contribution in [3.8, 4) is 0 Å². The number of nitrogens with zero attached hydrogens (tertiary/aromatic N) is 2. The van der Waals surface area contributed by atoms with Gasteiger partial charge in [-0.25, -0.2) is 21.1 Å². The quantitative estimate of drug-likeness (QED) is 0.814. The molecule has 2 rings (SSSR count). The molecule has 0 saturated carbocycles. The molecule has 2 N–H and O–H groups in total. The second-order valence-corrected chi connectivity index (χ2v) is 9.62. The number of piperidine rings is 1. The zero-order valence-electron chi connectivity index (χ0n) is 13.0. The van der Waals surface area contributed by atoms with Crippen molar-refractivity contribution >= 4 is 32.5 Å². The highest BCUT2D eigenvalue weighted by atomic mass is 35.5. The molecule has 0 bridgehead atoms. The first kappa shape index (κ1) is 20.3. The van der Waals surface area contributed by atoms with Gasteiger partial charge in [0.25, 0.3) is 0 Å². The summed E-state index contributed by atoms with van der Waals surface area (Å²) in [4.78, 5) is -0.0654. The molecule has 1 saturated heterocycles. The minimum atomic E-state index is -3.73.